The van der Waals surface area contributed by atoms with E-state index >= 15 is 4.39 Å². The summed E-state index contributed by atoms with van der Waals surface area (Å²) in [6, 6.07) is 8.19. The van der Waals surface area contributed by atoms with Gasteiger partial charge in [-0.15, -0.1) is 10.2 Å². The number of hydrogen-bond donors (Lipinski definition) is 1. The van der Waals surface area contributed by atoms with Gasteiger partial charge in [0.15, 0.2) is 5.82 Å². The first-order valence-electron chi connectivity index (χ1n) is 12.3. The Morgan fingerprint density at radius 2 is 2.05 bits per heavy atom. The standard InChI is InChI=1S/C26H27FN8O2/c1-16-6-9-37-23-11-20(27)17(19-12-29-35-8-7-33(2)14-22(19)35)10-18(23)26(36)31-24-5-3-4-21(30-24)25-32-28-15-34(25)13-16/h3-5,10-12,15-16H,6-9,13-14H2,1-2H3,(H,30,31,36)/t16-/m0/s1. The molecule has 0 spiro atoms. The van der Waals surface area contributed by atoms with E-state index in [-0.39, 0.29) is 17.2 Å². The van der Waals surface area contributed by atoms with E-state index in [1.165, 1.54) is 6.07 Å². The van der Waals surface area contributed by atoms with Gasteiger partial charge in [0.25, 0.3) is 5.91 Å². The van der Waals surface area contributed by atoms with Crippen LogP contribution < -0.4 is 10.1 Å². The summed E-state index contributed by atoms with van der Waals surface area (Å²) in [5, 5.41) is 15.6. The van der Waals surface area contributed by atoms with E-state index in [2.05, 4.69) is 37.4 Å². The van der Waals surface area contributed by atoms with Gasteiger partial charge < -0.3 is 14.6 Å². The number of rotatable bonds is 1. The number of nitrogens with one attached hydrogen (secondary N) is 1. The molecule has 37 heavy (non-hydrogen) atoms. The zero-order valence-corrected chi connectivity index (χ0v) is 20.7. The van der Waals surface area contributed by atoms with E-state index in [9.17, 15) is 4.79 Å². The monoisotopic (exact) mass is 502 g/mol. The van der Waals surface area contributed by atoms with Gasteiger partial charge in [-0.1, -0.05) is 13.0 Å². The summed E-state index contributed by atoms with van der Waals surface area (Å²) >= 11 is 0. The highest BCUT2D eigenvalue weighted by Crippen LogP contribution is 2.34. The topological polar surface area (TPSA) is 103 Å². The molecule has 10 nitrogen and oxygen atoms in total. The molecular formula is C26H27FN8O2. The fraction of sp³-hybridized carbons (Fsp3) is 0.346. The van der Waals surface area contributed by atoms with Gasteiger partial charge in [0.1, 0.15) is 29.4 Å². The Morgan fingerprint density at radius 1 is 1.16 bits per heavy atom. The zero-order chi connectivity index (χ0) is 25.5. The third-order valence-corrected chi connectivity index (χ3v) is 6.88. The minimum atomic E-state index is -0.459. The van der Waals surface area contributed by atoms with Crippen LogP contribution in [0.5, 0.6) is 5.75 Å². The van der Waals surface area contributed by atoms with Crippen LogP contribution in [0.3, 0.4) is 0 Å². The summed E-state index contributed by atoms with van der Waals surface area (Å²) in [6.45, 7) is 5.35. The van der Waals surface area contributed by atoms with Crippen molar-refractivity contribution in [2.75, 3.05) is 25.5 Å². The molecule has 11 heteroatoms. The number of ether oxygens (including phenoxy) is 1. The molecule has 190 valence electrons. The van der Waals surface area contributed by atoms with Crippen molar-refractivity contribution < 1.29 is 13.9 Å². The lowest BCUT2D eigenvalue weighted by Crippen LogP contribution is -2.30. The number of aromatic nitrogens is 6. The molecule has 4 aromatic rings. The summed E-state index contributed by atoms with van der Waals surface area (Å²) in [7, 11) is 2.02. The first-order valence-corrected chi connectivity index (χ1v) is 12.3. The van der Waals surface area contributed by atoms with Gasteiger partial charge in [-0.05, 0) is 37.6 Å². The Balaban J connectivity index is 1.42. The number of nitrogens with zero attached hydrogens (tertiary/aromatic N) is 7. The number of hydrogen-bond acceptors (Lipinski definition) is 7. The van der Waals surface area contributed by atoms with Crippen LogP contribution in [0.15, 0.2) is 42.9 Å². The number of pyridine rings is 1. The second-order valence-electron chi connectivity index (χ2n) is 9.71. The molecule has 0 unspecified atom stereocenters. The van der Waals surface area contributed by atoms with Crippen molar-refractivity contribution in [1.82, 2.24) is 34.4 Å². The number of amides is 1. The van der Waals surface area contributed by atoms with Crippen molar-refractivity contribution in [3.8, 4) is 28.4 Å². The van der Waals surface area contributed by atoms with Crippen molar-refractivity contribution in [3.63, 3.8) is 0 Å². The lowest BCUT2D eigenvalue weighted by Gasteiger charge is -2.24. The van der Waals surface area contributed by atoms with Crippen molar-refractivity contribution in [2.45, 2.75) is 33.0 Å². The van der Waals surface area contributed by atoms with Crippen LogP contribution in [0.2, 0.25) is 0 Å². The van der Waals surface area contributed by atoms with Gasteiger partial charge in [0.05, 0.1) is 30.6 Å². The van der Waals surface area contributed by atoms with Gasteiger partial charge >= 0.3 is 0 Å². The summed E-state index contributed by atoms with van der Waals surface area (Å²) in [5.41, 5.74) is 2.75. The SMILES string of the molecule is C[C@H]1CCOc2cc(F)c(-c3cnn4c3CN(C)CC4)cc2C(=O)Nc2cccc(n2)-c2nncn2C1. The largest absolute Gasteiger partial charge is 0.493 e. The molecule has 1 atom stereocenters. The number of halogens is 1. The van der Waals surface area contributed by atoms with Gasteiger partial charge in [-0.3, -0.25) is 14.4 Å². The molecule has 3 aromatic heterocycles. The van der Waals surface area contributed by atoms with Crippen LogP contribution in [0.4, 0.5) is 10.2 Å². The number of fused-ring (bicyclic) bond motifs is 6. The molecular weight excluding hydrogens is 475 g/mol. The Morgan fingerprint density at radius 3 is 2.95 bits per heavy atom. The molecule has 5 heterocycles. The lowest BCUT2D eigenvalue weighted by molar-refractivity contribution is 0.102. The van der Waals surface area contributed by atoms with Crippen molar-refractivity contribution >= 4 is 11.7 Å². The molecule has 0 aliphatic carbocycles. The van der Waals surface area contributed by atoms with E-state index < -0.39 is 11.7 Å². The smallest absolute Gasteiger partial charge is 0.260 e. The minimum absolute atomic E-state index is 0.197. The van der Waals surface area contributed by atoms with E-state index in [4.69, 9.17) is 4.74 Å². The number of carbonyl (C=O) groups excluding carboxylic acids is 1. The minimum Gasteiger partial charge on any atom is -0.493 e. The predicted molar refractivity (Wildman–Crippen MR) is 134 cm³/mol. The number of anilines is 1. The maximum Gasteiger partial charge on any atom is 0.260 e. The molecule has 0 radical (unpaired) electrons. The summed E-state index contributed by atoms with van der Waals surface area (Å²) < 4.78 is 25.3. The third kappa shape index (κ3) is 4.46. The second-order valence-corrected chi connectivity index (χ2v) is 9.71. The normalized spacial score (nSPS) is 18.1. The first kappa shape index (κ1) is 23.3. The van der Waals surface area contributed by atoms with Gasteiger partial charge in [-0.25, -0.2) is 9.37 Å². The summed E-state index contributed by atoms with van der Waals surface area (Å²) in [6.07, 6.45) is 4.04. The molecule has 1 amide bonds. The number of likely N-dealkylation sites (N-methyl/N-ethyl adjacent to an activating group) is 1. The Hall–Kier alpha value is -4.12. The highest BCUT2D eigenvalue weighted by Gasteiger charge is 2.25. The van der Waals surface area contributed by atoms with Crippen LogP contribution in [0, 0.1) is 11.7 Å². The molecule has 2 aliphatic rings. The number of carbonyl (C=O) groups is 1. The van der Waals surface area contributed by atoms with Gasteiger partial charge in [-0.2, -0.15) is 5.10 Å². The molecule has 1 N–H and O–H groups in total. The molecule has 0 saturated carbocycles. The predicted octanol–water partition coefficient (Wildman–Crippen LogP) is 3.46. The molecule has 0 saturated heterocycles. The third-order valence-electron chi connectivity index (χ3n) is 6.88. The fourth-order valence-corrected chi connectivity index (χ4v) is 4.85. The van der Waals surface area contributed by atoms with E-state index in [0.29, 0.717) is 54.6 Å². The lowest BCUT2D eigenvalue weighted by atomic mass is 10.0. The van der Waals surface area contributed by atoms with Crippen molar-refractivity contribution in [3.05, 3.63) is 59.9 Å². The molecule has 6 rings (SSSR count). The maximum atomic E-state index is 15.5. The maximum absolute atomic E-state index is 15.5. The average molecular weight is 503 g/mol. The van der Waals surface area contributed by atoms with Crippen LogP contribution >= 0.6 is 0 Å². The van der Waals surface area contributed by atoms with Crippen molar-refractivity contribution in [2.24, 2.45) is 5.92 Å². The second kappa shape index (κ2) is 9.40. The van der Waals surface area contributed by atoms with Crippen LogP contribution in [-0.2, 0) is 19.6 Å². The van der Waals surface area contributed by atoms with Crippen LogP contribution in [-0.4, -0.2) is 60.5 Å². The molecule has 0 fully saturated rings. The van der Waals surface area contributed by atoms with Crippen LogP contribution in [0.25, 0.3) is 22.6 Å². The average Bonchev–Trinajstić information content (AvgIpc) is 3.50. The van der Waals surface area contributed by atoms with E-state index in [1.54, 1.807) is 30.7 Å². The molecule has 1 aromatic carbocycles. The molecule has 2 aliphatic heterocycles. The van der Waals surface area contributed by atoms with Gasteiger partial charge in [0, 0.05) is 36.8 Å². The summed E-state index contributed by atoms with van der Waals surface area (Å²) in [5.74, 6) is 0.496. The first-order chi connectivity index (χ1) is 18.0. The zero-order valence-electron chi connectivity index (χ0n) is 20.7. The fourth-order valence-electron chi connectivity index (χ4n) is 4.85. The van der Waals surface area contributed by atoms with E-state index in [1.807, 2.05) is 22.4 Å². The van der Waals surface area contributed by atoms with Gasteiger partial charge in [0.2, 0.25) is 0 Å². The Kier molecular flexibility index (Phi) is 5.91. The van der Waals surface area contributed by atoms with Crippen molar-refractivity contribution in [1.29, 1.82) is 0 Å². The quantitative estimate of drug-likeness (QED) is 0.425. The van der Waals surface area contributed by atoms with Crippen LogP contribution in [0.1, 0.15) is 29.4 Å². The Bertz CT molecular complexity index is 1480. The summed E-state index contributed by atoms with van der Waals surface area (Å²) in [4.78, 5) is 20.2. The highest BCUT2D eigenvalue weighted by molar-refractivity contribution is 6.06. The molecule has 2 bridgehead atoms. The van der Waals surface area contributed by atoms with E-state index in [0.717, 1.165) is 18.8 Å². The Labute approximate surface area is 213 Å². The number of benzene rings is 1. The highest BCUT2D eigenvalue weighted by atomic mass is 19.1.